The number of aromatic amines is 1. The molecule has 2 aromatic heterocycles. The van der Waals surface area contributed by atoms with Gasteiger partial charge in [0.2, 0.25) is 0 Å². The molecule has 3 rings (SSSR count). The van der Waals surface area contributed by atoms with Crippen LogP contribution in [0.25, 0.3) is 10.9 Å². The van der Waals surface area contributed by atoms with Crippen LogP contribution < -0.4 is 5.73 Å². The number of anilines is 1. The van der Waals surface area contributed by atoms with Gasteiger partial charge in [-0.1, -0.05) is 11.6 Å². The number of rotatable bonds is 2. The first-order valence-corrected chi connectivity index (χ1v) is 5.63. The molecule has 0 saturated carbocycles. The largest absolute Gasteiger partial charge is 0.399 e. The molecule has 0 fully saturated rings. The van der Waals surface area contributed by atoms with Crippen LogP contribution in [0.1, 0.15) is 5.69 Å². The quantitative estimate of drug-likeness (QED) is 0.683. The molecule has 3 aromatic rings. The summed E-state index contributed by atoms with van der Waals surface area (Å²) in [6.07, 6.45) is 5.53. The third-order valence-corrected chi connectivity index (χ3v) is 3.06. The van der Waals surface area contributed by atoms with Crippen LogP contribution >= 0.6 is 11.6 Å². The average Bonchev–Trinajstić information content (AvgIpc) is 2.89. The van der Waals surface area contributed by atoms with Gasteiger partial charge in [-0.3, -0.25) is 0 Å². The van der Waals surface area contributed by atoms with Crippen molar-refractivity contribution in [1.29, 1.82) is 0 Å². The fourth-order valence-corrected chi connectivity index (χ4v) is 2.25. The number of halogens is 1. The van der Waals surface area contributed by atoms with E-state index in [0.717, 1.165) is 16.6 Å². The molecule has 2 heterocycles. The SMILES string of the molecule is Nc1cc(Cl)c2ccn(Cc3c[nH]cn3)c2c1. The third-order valence-electron chi connectivity index (χ3n) is 2.75. The minimum Gasteiger partial charge on any atom is -0.399 e. The Balaban J connectivity index is 2.11. The van der Waals surface area contributed by atoms with Gasteiger partial charge in [0.1, 0.15) is 0 Å². The number of nitrogens with two attached hydrogens (primary N) is 1. The zero-order valence-corrected chi connectivity index (χ0v) is 9.78. The maximum absolute atomic E-state index is 6.14. The van der Waals surface area contributed by atoms with Gasteiger partial charge in [-0.05, 0) is 18.2 Å². The topological polar surface area (TPSA) is 59.6 Å². The monoisotopic (exact) mass is 246 g/mol. The van der Waals surface area contributed by atoms with Crippen LogP contribution in [0.3, 0.4) is 0 Å². The van der Waals surface area contributed by atoms with Crippen LogP contribution in [-0.2, 0) is 6.54 Å². The number of fused-ring (bicyclic) bond motifs is 1. The van der Waals surface area contributed by atoms with E-state index in [-0.39, 0.29) is 0 Å². The molecule has 0 aliphatic heterocycles. The molecule has 0 amide bonds. The van der Waals surface area contributed by atoms with Crippen molar-refractivity contribution in [2.45, 2.75) is 6.54 Å². The summed E-state index contributed by atoms with van der Waals surface area (Å²) < 4.78 is 2.08. The molecule has 0 atom stereocenters. The van der Waals surface area contributed by atoms with Gasteiger partial charge in [-0.25, -0.2) is 4.98 Å². The minimum atomic E-state index is 0.671. The zero-order valence-electron chi connectivity index (χ0n) is 9.02. The average molecular weight is 247 g/mol. The predicted octanol–water partition coefficient (Wildman–Crippen LogP) is 2.65. The highest BCUT2D eigenvalue weighted by molar-refractivity contribution is 6.35. The van der Waals surface area contributed by atoms with Crippen molar-refractivity contribution in [2.75, 3.05) is 5.73 Å². The highest BCUT2D eigenvalue weighted by atomic mass is 35.5. The Hall–Kier alpha value is -1.94. The van der Waals surface area contributed by atoms with Crippen LogP contribution in [-0.4, -0.2) is 14.5 Å². The zero-order chi connectivity index (χ0) is 11.8. The standard InChI is InChI=1S/C12H11ClN4/c13-11-3-8(14)4-12-10(11)1-2-17(12)6-9-5-15-7-16-9/h1-5,7H,6,14H2,(H,15,16). The number of aromatic nitrogens is 3. The summed E-state index contributed by atoms with van der Waals surface area (Å²) in [4.78, 5) is 7.14. The number of nitrogens with one attached hydrogen (secondary N) is 1. The van der Waals surface area contributed by atoms with Gasteiger partial charge in [0.15, 0.2) is 0 Å². The summed E-state index contributed by atoms with van der Waals surface area (Å²) in [5, 5.41) is 1.69. The van der Waals surface area contributed by atoms with Gasteiger partial charge in [0.25, 0.3) is 0 Å². The number of hydrogen-bond donors (Lipinski definition) is 2. The van der Waals surface area contributed by atoms with Crippen LogP contribution in [0.2, 0.25) is 5.02 Å². The number of nitrogens with zero attached hydrogens (tertiary/aromatic N) is 2. The Morgan fingerprint density at radius 1 is 1.41 bits per heavy atom. The first-order chi connectivity index (χ1) is 8.24. The lowest BCUT2D eigenvalue weighted by Crippen LogP contribution is -1.98. The number of hydrogen-bond acceptors (Lipinski definition) is 2. The molecule has 5 heteroatoms. The molecule has 0 saturated heterocycles. The molecule has 0 aliphatic rings. The Morgan fingerprint density at radius 2 is 2.29 bits per heavy atom. The van der Waals surface area contributed by atoms with Gasteiger partial charge in [-0.15, -0.1) is 0 Å². The summed E-state index contributed by atoms with van der Waals surface area (Å²) in [6, 6.07) is 5.68. The van der Waals surface area contributed by atoms with Crippen molar-refractivity contribution in [1.82, 2.24) is 14.5 Å². The van der Waals surface area contributed by atoms with Crippen LogP contribution in [0.5, 0.6) is 0 Å². The van der Waals surface area contributed by atoms with Crippen molar-refractivity contribution < 1.29 is 0 Å². The van der Waals surface area contributed by atoms with Crippen LogP contribution in [0.4, 0.5) is 5.69 Å². The van der Waals surface area contributed by atoms with Gasteiger partial charge in [0.05, 0.1) is 29.1 Å². The molecule has 0 bridgehead atoms. The highest BCUT2D eigenvalue weighted by Gasteiger charge is 2.07. The van der Waals surface area contributed by atoms with Crippen LogP contribution in [0.15, 0.2) is 36.9 Å². The van der Waals surface area contributed by atoms with E-state index >= 15 is 0 Å². The van der Waals surface area contributed by atoms with E-state index < -0.39 is 0 Å². The maximum atomic E-state index is 6.14. The van der Waals surface area contributed by atoms with Gasteiger partial charge >= 0.3 is 0 Å². The lowest BCUT2D eigenvalue weighted by Gasteiger charge is -2.04. The lowest BCUT2D eigenvalue weighted by molar-refractivity contribution is 0.814. The molecule has 0 aliphatic carbocycles. The lowest BCUT2D eigenvalue weighted by atomic mass is 10.2. The number of benzene rings is 1. The first kappa shape index (κ1) is 10.2. The Kier molecular flexibility index (Phi) is 2.30. The normalized spacial score (nSPS) is 11.1. The van der Waals surface area contributed by atoms with E-state index in [1.807, 2.05) is 24.5 Å². The maximum Gasteiger partial charge on any atom is 0.0923 e. The Morgan fingerprint density at radius 3 is 3.06 bits per heavy atom. The summed E-state index contributed by atoms with van der Waals surface area (Å²) in [5.41, 5.74) is 8.48. The minimum absolute atomic E-state index is 0.671. The molecule has 1 aromatic carbocycles. The summed E-state index contributed by atoms with van der Waals surface area (Å²) in [5.74, 6) is 0. The number of imidazole rings is 1. The van der Waals surface area contributed by atoms with E-state index in [1.165, 1.54) is 0 Å². The molecule has 17 heavy (non-hydrogen) atoms. The fourth-order valence-electron chi connectivity index (χ4n) is 1.96. The van der Waals surface area contributed by atoms with E-state index in [9.17, 15) is 0 Å². The number of H-pyrrole nitrogens is 1. The molecule has 0 radical (unpaired) electrons. The second-order valence-electron chi connectivity index (χ2n) is 3.94. The van der Waals surface area contributed by atoms with Crippen molar-refractivity contribution >= 4 is 28.2 Å². The van der Waals surface area contributed by atoms with Gasteiger partial charge < -0.3 is 15.3 Å². The van der Waals surface area contributed by atoms with Crippen molar-refractivity contribution in [3.05, 3.63) is 47.6 Å². The third kappa shape index (κ3) is 1.76. The van der Waals surface area contributed by atoms with Crippen molar-refractivity contribution in [3.8, 4) is 0 Å². The Labute approximate surface area is 103 Å². The van der Waals surface area contributed by atoms with E-state index in [2.05, 4.69) is 14.5 Å². The smallest absolute Gasteiger partial charge is 0.0923 e. The second kappa shape index (κ2) is 3.82. The fraction of sp³-hybridized carbons (Fsp3) is 0.0833. The van der Waals surface area contributed by atoms with Crippen molar-refractivity contribution in [2.24, 2.45) is 0 Å². The molecular formula is C12H11ClN4. The molecular weight excluding hydrogens is 236 g/mol. The Bertz CT molecular complexity index is 655. The summed E-state index contributed by atoms with van der Waals surface area (Å²) in [6.45, 7) is 0.701. The highest BCUT2D eigenvalue weighted by Crippen LogP contribution is 2.27. The van der Waals surface area contributed by atoms with Crippen molar-refractivity contribution in [3.63, 3.8) is 0 Å². The molecule has 0 unspecified atom stereocenters. The second-order valence-corrected chi connectivity index (χ2v) is 4.35. The van der Waals surface area contributed by atoms with Crippen LogP contribution in [0, 0.1) is 0 Å². The van der Waals surface area contributed by atoms with E-state index in [4.69, 9.17) is 17.3 Å². The molecule has 4 nitrogen and oxygen atoms in total. The summed E-state index contributed by atoms with van der Waals surface area (Å²) >= 11 is 6.14. The number of nitrogen functional groups attached to an aromatic ring is 1. The molecule has 0 spiro atoms. The van der Waals surface area contributed by atoms with Gasteiger partial charge in [-0.2, -0.15) is 0 Å². The van der Waals surface area contributed by atoms with E-state index in [0.29, 0.717) is 17.3 Å². The molecule has 3 N–H and O–H groups in total. The summed E-state index contributed by atoms with van der Waals surface area (Å²) in [7, 11) is 0. The molecule has 86 valence electrons. The first-order valence-electron chi connectivity index (χ1n) is 5.25. The van der Waals surface area contributed by atoms with E-state index in [1.54, 1.807) is 12.4 Å². The van der Waals surface area contributed by atoms with Gasteiger partial charge in [0, 0.05) is 23.5 Å². The predicted molar refractivity (Wildman–Crippen MR) is 69.1 cm³/mol.